The van der Waals surface area contributed by atoms with Crippen LogP contribution in [0.2, 0.25) is 0 Å². The molecular weight excluding hydrogens is 244 g/mol. The van der Waals surface area contributed by atoms with E-state index in [1.165, 1.54) is 12.1 Å². The first-order valence-electron chi connectivity index (χ1n) is 6.67. The Morgan fingerprint density at radius 3 is 2.05 bits per heavy atom. The highest BCUT2D eigenvalue weighted by Crippen LogP contribution is 2.37. The van der Waals surface area contributed by atoms with Gasteiger partial charge in [0.05, 0.1) is 0 Å². The molecular formula is C16H21F2N. The van der Waals surface area contributed by atoms with Gasteiger partial charge in [-0.15, -0.1) is 0 Å². The summed E-state index contributed by atoms with van der Waals surface area (Å²) in [6.07, 6.45) is 5.82. The lowest BCUT2D eigenvalue weighted by Crippen LogP contribution is -2.45. The van der Waals surface area contributed by atoms with Crippen molar-refractivity contribution in [2.45, 2.75) is 44.6 Å². The molecule has 3 heteroatoms. The van der Waals surface area contributed by atoms with Crippen molar-refractivity contribution in [2.24, 2.45) is 0 Å². The van der Waals surface area contributed by atoms with Crippen LogP contribution in [0.1, 0.15) is 39.2 Å². The van der Waals surface area contributed by atoms with Crippen LogP contribution >= 0.6 is 0 Å². The van der Waals surface area contributed by atoms with Gasteiger partial charge in [0.25, 0.3) is 0 Å². The third kappa shape index (κ3) is 3.41. The molecule has 0 spiro atoms. The van der Waals surface area contributed by atoms with Gasteiger partial charge in [-0.2, -0.15) is 0 Å². The average molecular weight is 265 g/mol. The highest BCUT2D eigenvalue weighted by Gasteiger charge is 2.34. The lowest BCUT2D eigenvalue weighted by molar-refractivity contribution is 0.338. The number of rotatable bonds is 3. The molecule has 0 saturated carbocycles. The van der Waals surface area contributed by atoms with E-state index in [1.54, 1.807) is 0 Å². The number of nitrogens with one attached hydrogen (secondary N) is 1. The smallest absolute Gasteiger partial charge is 0.126 e. The molecule has 1 nitrogen and oxygen atoms in total. The normalized spacial score (nSPS) is 17.9. The molecule has 0 heterocycles. The molecule has 104 valence electrons. The summed E-state index contributed by atoms with van der Waals surface area (Å²) in [6, 6.07) is 3.84. The minimum atomic E-state index is -0.503. The van der Waals surface area contributed by atoms with Crippen LogP contribution in [0, 0.1) is 11.6 Å². The molecule has 19 heavy (non-hydrogen) atoms. The van der Waals surface area contributed by atoms with Crippen LogP contribution in [-0.2, 0) is 5.41 Å². The molecule has 0 aliphatic heterocycles. The van der Waals surface area contributed by atoms with Crippen LogP contribution < -0.4 is 5.32 Å². The van der Waals surface area contributed by atoms with E-state index in [4.69, 9.17) is 0 Å². The van der Waals surface area contributed by atoms with Gasteiger partial charge in [0.1, 0.15) is 11.6 Å². The Labute approximate surface area is 113 Å². The van der Waals surface area contributed by atoms with Gasteiger partial charge in [0.15, 0.2) is 0 Å². The van der Waals surface area contributed by atoms with Gasteiger partial charge >= 0.3 is 0 Å². The second kappa shape index (κ2) is 5.04. The van der Waals surface area contributed by atoms with E-state index in [0.29, 0.717) is 6.54 Å². The lowest BCUT2D eigenvalue weighted by Gasteiger charge is -2.34. The van der Waals surface area contributed by atoms with Gasteiger partial charge in [0, 0.05) is 23.6 Å². The summed E-state index contributed by atoms with van der Waals surface area (Å²) in [6.45, 7) is 6.99. The summed E-state index contributed by atoms with van der Waals surface area (Å²) in [7, 11) is 0. The Balaban J connectivity index is 2.28. The molecule has 1 aromatic rings. The topological polar surface area (TPSA) is 12.0 Å². The van der Waals surface area contributed by atoms with Crippen LogP contribution in [0.25, 0.3) is 0 Å². The summed E-state index contributed by atoms with van der Waals surface area (Å²) in [5.41, 5.74) is 0.504. The van der Waals surface area contributed by atoms with E-state index >= 15 is 0 Å². The summed E-state index contributed by atoms with van der Waals surface area (Å²) in [4.78, 5) is 0. The van der Waals surface area contributed by atoms with Crippen molar-refractivity contribution in [3.05, 3.63) is 47.5 Å². The average Bonchev–Trinajstić information content (AvgIpc) is 2.74. The summed E-state index contributed by atoms with van der Waals surface area (Å²) in [5, 5.41) is 3.46. The zero-order chi connectivity index (χ0) is 14.1. The maximum atomic E-state index is 13.4. The molecule has 0 amide bonds. The molecule has 1 aromatic carbocycles. The second-order valence-corrected chi connectivity index (χ2v) is 6.42. The summed E-state index contributed by atoms with van der Waals surface area (Å²) >= 11 is 0. The van der Waals surface area contributed by atoms with Gasteiger partial charge in [-0.3, -0.25) is 0 Å². The van der Waals surface area contributed by atoms with E-state index in [2.05, 4.69) is 38.2 Å². The molecule has 0 radical (unpaired) electrons. The number of hydrogen-bond acceptors (Lipinski definition) is 1. The maximum Gasteiger partial charge on any atom is 0.126 e. The first-order valence-corrected chi connectivity index (χ1v) is 6.67. The Hall–Kier alpha value is -1.22. The lowest BCUT2D eigenvalue weighted by atomic mass is 9.77. The quantitative estimate of drug-likeness (QED) is 0.816. The first-order chi connectivity index (χ1) is 8.81. The van der Waals surface area contributed by atoms with Crippen molar-refractivity contribution in [1.82, 2.24) is 5.32 Å². The van der Waals surface area contributed by atoms with Crippen molar-refractivity contribution in [3.8, 4) is 0 Å². The van der Waals surface area contributed by atoms with E-state index in [0.717, 1.165) is 24.5 Å². The zero-order valence-electron chi connectivity index (χ0n) is 11.8. The van der Waals surface area contributed by atoms with Crippen LogP contribution in [0.4, 0.5) is 8.78 Å². The fourth-order valence-electron chi connectivity index (χ4n) is 2.48. The van der Waals surface area contributed by atoms with Crippen molar-refractivity contribution >= 4 is 0 Å². The Morgan fingerprint density at radius 1 is 1.05 bits per heavy atom. The fourth-order valence-corrected chi connectivity index (χ4v) is 2.48. The summed E-state index contributed by atoms with van der Waals surface area (Å²) < 4.78 is 26.9. The predicted octanol–water partition coefficient (Wildman–Crippen LogP) is 3.94. The molecule has 1 aliphatic carbocycles. The molecule has 0 fully saturated rings. The highest BCUT2D eigenvalue weighted by molar-refractivity contribution is 5.32. The van der Waals surface area contributed by atoms with Gasteiger partial charge in [-0.05, 0) is 51.3 Å². The van der Waals surface area contributed by atoms with Gasteiger partial charge in [-0.25, -0.2) is 8.78 Å². The third-order valence-electron chi connectivity index (χ3n) is 3.62. The molecule has 0 bridgehead atoms. The standard InChI is InChI=1S/C16H21F2N/c1-15(2,3)19-11-16(6-4-5-7-16)12-8-13(17)10-14(18)9-12/h4-5,8-10,19H,6-7,11H2,1-3H3. The van der Waals surface area contributed by atoms with E-state index in [1.807, 2.05) is 0 Å². The minimum absolute atomic E-state index is 0.0124. The van der Waals surface area contributed by atoms with Gasteiger partial charge in [-0.1, -0.05) is 12.2 Å². The number of benzene rings is 1. The molecule has 1 aliphatic rings. The molecule has 0 aromatic heterocycles. The number of allylic oxidation sites excluding steroid dienone is 2. The van der Waals surface area contributed by atoms with Crippen molar-refractivity contribution in [3.63, 3.8) is 0 Å². The fraction of sp³-hybridized carbons (Fsp3) is 0.500. The first kappa shape index (κ1) is 14.2. The molecule has 2 rings (SSSR count). The van der Waals surface area contributed by atoms with Crippen LogP contribution in [-0.4, -0.2) is 12.1 Å². The Kier molecular flexibility index (Phi) is 3.77. The SMILES string of the molecule is CC(C)(C)NCC1(c2cc(F)cc(F)c2)CC=CC1. The third-order valence-corrected chi connectivity index (χ3v) is 3.62. The zero-order valence-corrected chi connectivity index (χ0v) is 11.8. The van der Waals surface area contributed by atoms with E-state index < -0.39 is 11.6 Å². The molecule has 0 atom stereocenters. The molecule has 0 saturated heterocycles. The Morgan fingerprint density at radius 2 is 1.58 bits per heavy atom. The van der Waals surface area contributed by atoms with E-state index in [-0.39, 0.29) is 11.0 Å². The van der Waals surface area contributed by atoms with Crippen molar-refractivity contribution in [1.29, 1.82) is 0 Å². The van der Waals surface area contributed by atoms with Crippen molar-refractivity contribution < 1.29 is 8.78 Å². The molecule has 0 unspecified atom stereocenters. The van der Waals surface area contributed by atoms with E-state index in [9.17, 15) is 8.78 Å². The predicted molar refractivity (Wildman–Crippen MR) is 74.2 cm³/mol. The van der Waals surface area contributed by atoms with Crippen molar-refractivity contribution in [2.75, 3.05) is 6.54 Å². The largest absolute Gasteiger partial charge is 0.311 e. The minimum Gasteiger partial charge on any atom is -0.311 e. The van der Waals surface area contributed by atoms with Crippen LogP contribution in [0.3, 0.4) is 0 Å². The molecule has 1 N–H and O–H groups in total. The van der Waals surface area contributed by atoms with Crippen LogP contribution in [0.5, 0.6) is 0 Å². The number of hydrogen-bond donors (Lipinski definition) is 1. The highest BCUT2D eigenvalue weighted by atomic mass is 19.1. The second-order valence-electron chi connectivity index (χ2n) is 6.42. The van der Waals surface area contributed by atoms with Gasteiger partial charge < -0.3 is 5.32 Å². The number of halogens is 2. The monoisotopic (exact) mass is 265 g/mol. The van der Waals surface area contributed by atoms with Gasteiger partial charge in [0.2, 0.25) is 0 Å². The summed E-state index contributed by atoms with van der Waals surface area (Å²) in [5.74, 6) is -1.01. The van der Waals surface area contributed by atoms with Crippen LogP contribution in [0.15, 0.2) is 30.4 Å². The maximum absolute atomic E-state index is 13.4. The Bertz CT molecular complexity index is 458.